The Morgan fingerprint density at radius 2 is 2.17 bits per heavy atom. The summed E-state index contributed by atoms with van der Waals surface area (Å²) in [5.41, 5.74) is 6.59. The van der Waals surface area contributed by atoms with Crippen molar-refractivity contribution in [3.8, 4) is 0 Å². The SMILES string of the molecule is CC(C)N(CCC(N)=S)Cc1ccc(F)cc1Br. The second kappa shape index (κ2) is 7.16. The summed E-state index contributed by atoms with van der Waals surface area (Å²) < 4.78 is 13.8. The van der Waals surface area contributed by atoms with Crippen LogP contribution in [0.3, 0.4) is 0 Å². The Labute approximate surface area is 121 Å². The van der Waals surface area contributed by atoms with Crippen LogP contribution in [0.1, 0.15) is 25.8 Å². The predicted octanol–water partition coefficient (Wildman–Crippen LogP) is 3.47. The molecule has 0 aliphatic carbocycles. The van der Waals surface area contributed by atoms with Gasteiger partial charge in [-0.2, -0.15) is 0 Å². The van der Waals surface area contributed by atoms with Gasteiger partial charge in [-0.05, 0) is 31.5 Å². The van der Waals surface area contributed by atoms with Gasteiger partial charge in [0.15, 0.2) is 0 Å². The van der Waals surface area contributed by atoms with Gasteiger partial charge in [0.1, 0.15) is 5.82 Å². The largest absolute Gasteiger partial charge is 0.393 e. The zero-order chi connectivity index (χ0) is 13.7. The summed E-state index contributed by atoms with van der Waals surface area (Å²) in [7, 11) is 0. The van der Waals surface area contributed by atoms with Crippen LogP contribution in [0.15, 0.2) is 22.7 Å². The van der Waals surface area contributed by atoms with E-state index in [2.05, 4.69) is 34.7 Å². The molecule has 2 N–H and O–H groups in total. The van der Waals surface area contributed by atoms with E-state index < -0.39 is 0 Å². The lowest BCUT2D eigenvalue weighted by Gasteiger charge is -2.26. The topological polar surface area (TPSA) is 29.3 Å². The molecule has 5 heteroatoms. The monoisotopic (exact) mass is 332 g/mol. The molecular weight excluding hydrogens is 315 g/mol. The van der Waals surface area contributed by atoms with Crippen molar-refractivity contribution in [3.05, 3.63) is 34.1 Å². The molecule has 100 valence electrons. The van der Waals surface area contributed by atoms with Crippen molar-refractivity contribution in [2.24, 2.45) is 5.73 Å². The molecule has 0 aromatic heterocycles. The first-order valence-electron chi connectivity index (χ1n) is 5.86. The molecule has 0 spiro atoms. The minimum atomic E-state index is -0.232. The first kappa shape index (κ1) is 15.5. The molecule has 0 fully saturated rings. The average Bonchev–Trinajstić information content (AvgIpc) is 2.26. The van der Waals surface area contributed by atoms with Crippen molar-refractivity contribution in [1.29, 1.82) is 0 Å². The minimum absolute atomic E-state index is 0.232. The smallest absolute Gasteiger partial charge is 0.124 e. The first-order valence-corrected chi connectivity index (χ1v) is 7.06. The maximum absolute atomic E-state index is 13.0. The van der Waals surface area contributed by atoms with Gasteiger partial charge >= 0.3 is 0 Å². The maximum Gasteiger partial charge on any atom is 0.124 e. The fourth-order valence-corrected chi connectivity index (χ4v) is 2.21. The molecule has 0 unspecified atom stereocenters. The molecule has 1 aromatic carbocycles. The Bertz CT molecular complexity index is 423. The van der Waals surface area contributed by atoms with Gasteiger partial charge in [-0.25, -0.2) is 4.39 Å². The van der Waals surface area contributed by atoms with Crippen LogP contribution in [0.4, 0.5) is 4.39 Å². The Morgan fingerprint density at radius 1 is 1.50 bits per heavy atom. The van der Waals surface area contributed by atoms with E-state index in [1.165, 1.54) is 12.1 Å². The van der Waals surface area contributed by atoms with Gasteiger partial charge < -0.3 is 5.73 Å². The first-order chi connectivity index (χ1) is 8.40. The summed E-state index contributed by atoms with van der Waals surface area (Å²) in [6.45, 7) is 5.81. The molecule has 0 bridgehead atoms. The van der Waals surface area contributed by atoms with E-state index in [9.17, 15) is 4.39 Å². The fraction of sp³-hybridized carbons (Fsp3) is 0.462. The molecule has 0 aliphatic rings. The number of nitrogens with zero attached hydrogens (tertiary/aromatic N) is 1. The van der Waals surface area contributed by atoms with E-state index in [4.69, 9.17) is 18.0 Å². The summed E-state index contributed by atoms with van der Waals surface area (Å²) in [5, 5.41) is 0. The van der Waals surface area contributed by atoms with Gasteiger partial charge in [0.25, 0.3) is 0 Å². The molecular formula is C13H18BrFN2S. The molecule has 1 rings (SSSR count). The molecule has 0 saturated heterocycles. The van der Waals surface area contributed by atoms with Crippen LogP contribution >= 0.6 is 28.1 Å². The van der Waals surface area contributed by atoms with Crippen LogP contribution in [0.5, 0.6) is 0 Å². The Morgan fingerprint density at radius 3 is 2.67 bits per heavy atom. The maximum atomic E-state index is 13.0. The Kier molecular flexibility index (Phi) is 6.18. The third-order valence-electron chi connectivity index (χ3n) is 2.76. The molecule has 0 aliphatic heterocycles. The quantitative estimate of drug-likeness (QED) is 0.809. The number of nitrogens with two attached hydrogens (primary N) is 1. The Balaban J connectivity index is 2.73. The van der Waals surface area contributed by atoms with Gasteiger partial charge in [-0.15, -0.1) is 0 Å². The zero-order valence-electron chi connectivity index (χ0n) is 10.6. The molecule has 0 atom stereocenters. The molecule has 18 heavy (non-hydrogen) atoms. The molecule has 0 heterocycles. The predicted molar refractivity (Wildman–Crippen MR) is 81.0 cm³/mol. The van der Waals surface area contributed by atoms with E-state index in [1.807, 2.05) is 0 Å². The van der Waals surface area contributed by atoms with Crippen LogP contribution < -0.4 is 5.73 Å². The zero-order valence-corrected chi connectivity index (χ0v) is 13.0. The van der Waals surface area contributed by atoms with Gasteiger partial charge in [-0.3, -0.25) is 4.90 Å². The lowest BCUT2D eigenvalue weighted by molar-refractivity contribution is 0.219. The lowest BCUT2D eigenvalue weighted by Crippen LogP contribution is -2.33. The van der Waals surface area contributed by atoms with Crippen molar-refractivity contribution in [1.82, 2.24) is 4.90 Å². The standard InChI is InChI=1S/C13H18BrFN2S/c1-9(2)17(6-5-13(16)18)8-10-3-4-11(15)7-12(10)14/h3-4,7,9H,5-6,8H2,1-2H3,(H2,16,18). The molecule has 2 nitrogen and oxygen atoms in total. The molecule has 0 radical (unpaired) electrons. The number of thiocarbonyl (C=S) groups is 1. The van der Waals surface area contributed by atoms with Crippen LogP contribution in [-0.2, 0) is 6.54 Å². The summed E-state index contributed by atoms with van der Waals surface area (Å²) in [4.78, 5) is 2.79. The van der Waals surface area contributed by atoms with Crippen LogP contribution in [-0.4, -0.2) is 22.5 Å². The van der Waals surface area contributed by atoms with Crippen LogP contribution in [0, 0.1) is 5.82 Å². The summed E-state index contributed by atoms with van der Waals surface area (Å²) in [6, 6.07) is 5.15. The second-order valence-corrected chi connectivity index (χ2v) is 5.89. The normalized spacial score (nSPS) is 11.2. The third-order valence-corrected chi connectivity index (χ3v) is 3.71. The summed E-state index contributed by atoms with van der Waals surface area (Å²) in [6.07, 6.45) is 0.701. The van der Waals surface area contributed by atoms with Crippen molar-refractivity contribution in [2.45, 2.75) is 32.9 Å². The average molecular weight is 333 g/mol. The van der Waals surface area contributed by atoms with Crippen molar-refractivity contribution >= 4 is 33.1 Å². The molecule has 0 amide bonds. The second-order valence-electron chi connectivity index (χ2n) is 4.52. The number of rotatable bonds is 6. The summed E-state index contributed by atoms with van der Waals surface area (Å²) in [5.74, 6) is -0.232. The highest BCUT2D eigenvalue weighted by Crippen LogP contribution is 2.20. The number of benzene rings is 1. The summed E-state index contributed by atoms with van der Waals surface area (Å²) >= 11 is 8.29. The van der Waals surface area contributed by atoms with E-state index in [-0.39, 0.29) is 5.82 Å². The number of hydrogen-bond acceptors (Lipinski definition) is 2. The highest BCUT2D eigenvalue weighted by atomic mass is 79.9. The van der Waals surface area contributed by atoms with Gasteiger partial charge in [-0.1, -0.05) is 34.2 Å². The minimum Gasteiger partial charge on any atom is -0.393 e. The highest BCUT2D eigenvalue weighted by Gasteiger charge is 2.12. The van der Waals surface area contributed by atoms with Gasteiger partial charge in [0, 0.05) is 30.0 Å². The van der Waals surface area contributed by atoms with E-state index in [0.717, 1.165) is 23.1 Å². The van der Waals surface area contributed by atoms with Crippen LogP contribution in [0.2, 0.25) is 0 Å². The van der Waals surface area contributed by atoms with E-state index >= 15 is 0 Å². The highest BCUT2D eigenvalue weighted by molar-refractivity contribution is 9.10. The fourth-order valence-electron chi connectivity index (χ4n) is 1.64. The van der Waals surface area contributed by atoms with Crippen molar-refractivity contribution in [2.75, 3.05) is 6.54 Å². The number of halogens is 2. The van der Waals surface area contributed by atoms with Crippen molar-refractivity contribution in [3.63, 3.8) is 0 Å². The Hall–Kier alpha value is -0.520. The van der Waals surface area contributed by atoms with E-state index in [1.54, 1.807) is 6.07 Å². The van der Waals surface area contributed by atoms with Gasteiger partial charge in [0.05, 0.1) is 4.99 Å². The van der Waals surface area contributed by atoms with Crippen molar-refractivity contribution < 1.29 is 4.39 Å². The molecule has 0 saturated carbocycles. The third kappa shape index (κ3) is 5.00. The molecule has 1 aromatic rings. The van der Waals surface area contributed by atoms with Crippen LogP contribution in [0.25, 0.3) is 0 Å². The lowest BCUT2D eigenvalue weighted by atomic mass is 10.1. The van der Waals surface area contributed by atoms with Gasteiger partial charge in [0.2, 0.25) is 0 Å². The van der Waals surface area contributed by atoms with E-state index in [0.29, 0.717) is 17.5 Å². The number of hydrogen-bond donors (Lipinski definition) is 1.